The van der Waals surface area contributed by atoms with Crippen LogP contribution in [0.3, 0.4) is 0 Å². The minimum absolute atomic E-state index is 0.0379. The summed E-state index contributed by atoms with van der Waals surface area (Å²) in [4.78, 5) is 14.0. The summed E-state index contributed by atoms with van der Waals surface area (Å²) in [6.45, 7) is 2.31. The van der Waals surface area contributed by atoms with Gasteiger partial charge in [0.05, 0.1) is 12.5 Å². The van der Waals surface area contributed by atoms with Gasteiger partial charge in [0.1, 0.15) is 0 Å². The van der Waals surface area contributed by atoms with Crippen molar-refractivity contribution in [1.82, 2.24) is 10.2 Å². The normalized spacial score (nSPS) is 13.3. The van der Waals surface area contributed by atoms with Gasteiger partial charge in [-0.1, -0.05) is 6.07 Å². The smallest absolute Gasteiger partial charge is 0.253 e. The maximum Gasteiger partial charge on any atom is 0.253 e. The lowest BCUT2D eigenvalue weighted by molar-refractivity contribution is 0.0785. The summed E-state index contributed by atoms with van der Waals surface area (Å²) in [7, 11) is 1.81. The van der Waals surface area contributed by atoms with Gasteiger partial charge in [-0.2, -0.15) is 0 Å². The molecule has 0 saturated carbocycles. The zero-order valence-corrected chi connectivity index (χ0v) is 10.8. The number of furan rings is 1. The van der Waals surface area contributed by atoms with Crippen LogP contribution in [0.1, 0.15) is 27.0 Å². The first kappa shape index (κ1) is 12.0. The molecule has 0 unspecified atom stereocenters. The van der Waals surface area contributed by atoms with Crippen LogP contribution in [0.4, 0.5) is 0 Å². The fraction of sp³-hybridized carbons (Fsp3) is 0.267. The van der Waals surface area contributed by atoms with Gasteiger partial charge in [0.2, 0.25) is 0 Å². The summed E-state index contributed by atoms with van der Waals surface area (Å²) >= 11 is 0. The molecule has 0 fully saturated rings. The van der Waals surface area contributed by atoms with Crippen LogP contribution in [0.5, 0.6) is 0 Å². The van der Waals surface area contributed by atoms with Crippen LogP contribution in [0.15, 0.2) is 41.2 Å². The summed E-state index contributed by atoms with van der Waals surface area (Å²) < 4.78 is 5.02. The van der Waals surface area contributed by atoms with Crippen LogP contribution in [-0.4, -0.2) is 17.9 Å². The molecule has 1 aromatic heterocycles. The van der Waals surface area contributed by atoms with Gasteiger partial charge in [0.25, 0.3) is 5.91 Å². The highest BCUT2D eigenvalue weighted by Crippen LogP contribution is 2.18. The molecule has 1 amide bonds. The molecule has 4 heteroatoms. The van der Waals surface area contributed by atoms with Crippen molar-refractivity contribution in [2.24, 2.45) is 0 Å². The molecular formula is C15H16N2O2. The fourth-order valence-electron chi connectivity index (χ4n) is 2.38. The highest BCUT2D eigenvalue weighted by Gasteiger charge is 2.16. The van der Waals surface area contributed by atoms with Crippen molar-refractivity contribution in [3.8, 4) is 0 Å². The third kappa shape index (κ3) is 2.39. The maximum atomic E-state index is 12.3. The molecule has 1 N–H and O–H groups in total. The van der Waals surface area contributed by atoms with Crippen molar-refractivity contribution in [3.05, 3.63) is 59.0 Å². The van der Waals surface area contributed by atoms with Crippen LogP contribution < -0.4 is 5.32 Å². The Morgan fingerprint density at radius 1 is 1.32 bits per heavy atom. The summed E-state index contributed by atoms with van der Waals surface area (Å²) in [5, 5.41) is 3.28. The molecule has 2 heterocycles. The van der Waals surface area contributed by atoms with E-state index in [1.807, 2.05) is 24.3 Å². The number of hydrogen-bond acceptors (Lipinski definition) is 3. The van der Waals surface area contributed by atoms with Gasteiger partial charge in [0, 0.05) is 37.8 Å². The van der Waals surface area contributed by atoms with E-state index < -0.39 is 0 Å². The number of carbonyl (C=O) groups excluding carboxylic acids is 1. The SMILES string of the molecule is CN(Cc1ccoc1)C(=O)c1ccc2c(c1)CNC2. The highest BCUT2D eigenvalue weighted by atomic mass is 16.3. The van der Waals surface area contributed by atoms with E-state index in [-0.39, 0.29) is 5.91 Å². The molecule has 0 atom stereocenters. The minimum atomic E-state index is 0.0379. The molecule has 1 aromatic carbocycles. The second kappa shape index (κ2) is 4.90. The molecular weight excluding hydrogens is 240 g/mol. The monoisotopic (exact) mass is 256 g/mol. The van der Waals surface area contributed by atoms with Crippen molar-refractivity contribution >= 4 is 5.91 Å². The van der Waals surface area contributed by atoms with E-state index >= 15 is 0 Å². The second-order valence-electron chi connectivity index (χ2n) is 4.88. The molecule has 98 valence electrons. The summed E-state index contributed by atoms with van der Waals surface area (Å²) in [5.41, 5.74) is 4.25. The number of fused-ring (bicyclic) bond motifs is 1. The van der Waals surface area contributed by atoms with E-state index in [0.29, 0.717) is 6.54 Å². The van der Waals surface area contributed by atoms with Crippen LogP contribution in [0, 0.1) is 0 Å². The fourth-order valence-corrected chi connectivity index (χ4v) is 2.38. The van der Waals surface area contributed by atoms with Gasteiger partial charge < -0.3 is 14.6 Å². The Balaban J connectivity index is 1.76. The maximum absolute atomic E-state index is 12.3. The van der Waals surface area contributed by atoms with Gasteiger partial charge >= 0.3 is 0 Å². The summed E-state index contributed by atoms with van der Waals surface area (Å²) in [5.74, 6) is 0.0379. The predicted octanol–water partition coefficient (Wildman–Crippen LogP) is 2.16. The Morgan fingerprint density at radius 2 is 2.16 bits per heavy atom. The Kier molecular flexibility index (Phi) is 3.09. The molecule has 0 spiro atoms. The molecule has 19 heavy (non-hydrogen) atoms. The van der Waals surface area contributed by atoms with Crippen molar-refractivity contribution in [2.45, 2.75) is 19.6 Å². The Hall–Kier alpha value is -2.07. The first-order chi connectivity index (χ1) is 9.24. The van der Waals surface area contributed by atoms with Crippen molar-refractivity contribution in [2.75, 3.05) is 7.05 Å². The van der Waals surface area contributed by atoms with Crippen LogP contribution in [0.2, 0.25) is 0 Å². The van der Waals surface area contributed by atoms with E-state index in [4.69, 9.17) is 4.42 Å². The van der Waals surface area contributed by atoms with Gasteiger partial charge in [-0.25, -0.2) is 0 Å². The zero-order chi connectivity index (χ0) is 13.2. The number of rotatable bonds is 3. The van der Waals surface area contributed by atoms with E-state index in [1.165, 1.54) is 11.1 Å². The molecule has 0 saturated heterocycles. The molecule has 0 radical (unpaired) electrons. The Labute approximate surface area is 112 Å². The van der Waals surface area contributed by atoms with Gasteiger partial charge in [0.15, 0.2) is 0 Å². The topological polar surface area (TPSA) is 45.5 Å². The average molecular weight is 256 g/mol. The van der Waals surface area contributed by atoms with E-state index in [0.717, 1.165) is 24.2 Å². The van der Waals surface area contributed by atoms with Crippen LogP contribution in [-0.2, 0) is 19.6 Å². The number of benzene rings is 1. The third-order valence-corrected chi connectivity index (χ3v) is 3.43. The van der Waals surface area contributed by atoms with Crippen LogP contribution >= 0.6 is 0 Å². The van der Waals surface area contributed by atoms with Gasteiger partial charge in [-0.15, -0.1) is 0 Å². The van der Waals surface area contributed by atoms with E-state index in [2.05, 4.69) is 5.32 Å². The number of carbonyl (C=O) groups is 1. The lowest BCUT2D eigenvalue weighted by atomic mass is 10.1. The largest absolute Gasteiger partial charge is 0.472 e. The first-order valence-corrected chi connectivity index (χ1v) is 6.33. The van der Waals surface area contributed by atoms with Crippen LogP contribution in [0.25, 0.3) is 0 Å². The molecule has 4 nitrogen and oxygen atoms in total. The number of hydrogen-bond donors (Lipinski definition) is 1. The zero-order valence-electron chi connectivity index (χ0n) is 10.8. The second-order valence-corrected chi connectivity index (χ2v) is 4.88. The number of nitrogens with zero attached hydrogens (tertiary/aromatic N) is 1. The summed E-state index contributed by atoms with van der Waals surface area (Å²) in [6.07, 6.45) is 3.28. The molecule has 1 aliphatic heterocycles. The molecule has 0 aliphatic carbocycles. The van der Waals surface area contributed by atoms with Gasteiger partial charge in [-0.05, 0) is 29.3 Å². The predicted molar refractivity (Wildman–Crippen MR) is 71.5 cm³/mol. The quantitative estimate of drug-likeness (QED) is 0.915. The van der Waals surface area contributed by atoms with E-state index in [9.17, 15) is 4.79 Å². The van der Waals surface area contributed by atoms with Crippen molar-refractivity contribution < 1.29 is 9.21 Å². The van der Waals surface area contributed by atoms with Crippen molar-refractivity contribution in [3.63, 3.8) is 0 Å². The number of amides is 1. The lowest BCUT2D eigenvalue weighted by Crippen LogP contribution is -2.26. The summed E-state index contributed by atoms with van der Waals surface area (Å²) in [6, 6.07) is 7.80. The highest BCUT2D eigenvalue weighted by molar-refractivity contribution is 5.94. The minimum Gasteiger partial charge on any atom is -0.472 e. The first-order valence-electron chi connectivity index (χ1n) is 6.33. The van der Waals surface area contributed by atoms with Gasteiger partial charge in [-0.3, -0.25) is 4.79 Å². The lowest BCUT2D eigenvalue weighted by Gasteiger charge is -2.16. The Morgan fingerprint density at radius 3 is 2.95 bits per heavy atom. The molecule has 1 aliphatic rings. The number of nitrogens with one attached hydrogen (secondary N) is 1. The molecule has 2 aromatic rings. The molecule has 0 bridgehead atoms. The average Bonchev–Trinajstić information content (AvgIpc) is 3.07. The standard InChI is InChI=1S/C15H16N2O2/c1-17(9-11-4-5-19-10-11)15(18)12-2-3-13-7-16-8-14(13)6-12/h2-6,10,16H,7-9H2,1H3. The Bertz CT molecular complexity index is 590. The third-order valence-electron chi connectivity index (χ3n) is 3.43. The van der Waals surface area contributed by atoms with E-state index in [1.54, 1.807) is 24.5 Å². The molecule has 3 rings (SSSR count). The van der Waals surface area contributed by atoms with Crippen molar-refractivity contribution in [1.29, 1.82) is 0 Å².